The molecule has 0 bridgehead atoms. The number of benzene rings is 2. The second-order valence-electron chi connectivity index (χ2n) is 8.64. The molecule has 33 heavy (non-hydrogen) atoms. The number of nitrogens with zero attached hydrogens (tertiary/aromatic N) is 2. The van der Waals surface area contributed by atoms with E-state index in [0.717, 1.165) is 41.1 Å². The van der Waals surface area contributed by atoms with E-state index in [0.29, 0.717) is 22.4 Å². The minimum atomic E-state index is -0.421. The van der Waals surface area contributed by atoms with Crippen molar-refractivity contribution in [3.05, 3.63) is 83.0 Å². The fourth-order valence-corrected chi connectivity index (χ4v) is 4.51. The zero-order valence-corrected chi connectivity index (χ0v) is 19.3. The molecule has 0 unspecified atom stereocenters. The molecule has 5 nitrogen and oxygen atoms in total. The van der Waals surface area contributed by atoms with Crippen molar-refractivity contribution in [2.24, 2.45) is 0 Å². The van der Waals surface area contributed by atoms with Gasteiger partial charge in [-0.15, -0.1) is 0 Å². The third-order valence-electron chi connectivity index (χ3n) is 6.13. The second kappa shape index (κ2) is 9.28. The van der Waals surface area contributed by atoms with Gasteiger partial charge in [-0.1, -0.05) is 43.0 Å². The Hall–Kier alpha value is -3.31. The molecule has 5 rings (SSSR count). The first-order valence-corrected chi connectivity index (χ1v) is 11.8. The van der Waals surface area contributed by atoms with Crippen LogP contribution in [0.2, 0.25) is 5.02 Å². The Bertz CT molecular complexity index is 1290. The zero-order valence-electron chi connectivity index (χ0n) is 18.6. The van der Waals surface area contributed by atoms with Gasteiger partial charge in [0, 0.05) is 22.8 Å². The van der Waals surface area contributed by atoms with Gasteiger partial charge in [-0.2, -0.15) is 0 Å². The molecule has 1 saturated carbocycles. The summed E-state index contributed by atoms with van der Waals surface area (Å²) in [6.07, 6.45) is 8.20. The highest BCUT2D eigenvalue weighted by Crippen LogP contribution is 2.33. The normalized spacial score (nSPS) is 14.4. The predicted molar refractivity (Wildman–Crippen MR) is 132 cm³/mol. The minimum absolute atomic E-state index is 0.421. The fourth-order valence-electron chi connectivity index (χ4n) is 4.38. The lowest BCUT2D eigenvalue weighted by atomic mass is 9.95. The van der Waals surface area contributed by atoms with Gasteiger partial charge in [0.1, 0.15) is 22.9 Å². The zero-order chi connectivity index (χ0) is 22.8. The fraction of sp³-hybridized carbons (Fsp3) is 0.259. The van der Waals surface area contributed by atoms with Crippen molar-refractivity contribution < 1.29 is 9.53 Å². The molecule has 2 aromatic heterocycles. The first kappa shape index (κ1) is 21.5. The first-order chi connectivity index (χ1) is 16.1. The largest absolute Gasteiger partial charge is 0.423 e. The lowest BCUT2D eigenvalue weighted by Crippen LogP contribution is -2.23. The van der Waals surface area contributed by atoms with Crippen molar-refractivity contribution in [3.63, 3.8) is 0 Å². The Morgan fingerprint density at radius 1 is 1.06 bits per heavy atom. The number of imidazole rings is 1. The molecule has 4 aromatic rings. The molecule has 0 saturated heterocycles. The third-order valence-corrected chi connectivity index (χ3v) is 6.38. The van der Waals surface area contributed by atoms with E-state index in [1.54, 1.807) is 30.3 Å². The van der Waals surface area contributed by atoms with Crippen molar-refractivity contribution in [2.45, 2.75) is 45.1 Å². The molecule has 0 spiro atoms. The highest BCUT2D eigenvalue weighted by molar-refractivity contribution is 6.30. The Balaban J connectivity index is 1.48. The number of halogens is 1. The second-order valence-corrected chi connectivity index (χ2v) is 9.08. The number of fused-ring (bicyclic) bond motifs is 1. The van der Waals surface area contributed by atoms with Crippen LogP contribution in [0.4, 0.5) is 5.82 Å². The van der Waals surface area contributed by atoms with E-state index in [1.165, 1.54) is 19.3 Å². The summed E-state index contributed by atoms with van der Waals surface area (Å²) < 4.78 is 7.76. The molecule has 1 N–H and O–H groups in total. The molecule has 2 heterocycles. The van der Waals surface area contributed by atoms with Gasteiger partial charge in [-0.25, -0.2) is 9.78 Å². The van der Waals surface area contributed by atoms with Crippen molar-refractivity contribution >= 4 is 29.0 Å². The van der Waals surface area contributed by atoms with Gasteiger partial charge >= 0.3 is 5.97 Å². The van der Waals surface area contributed by atoms with E-state index in [-0.39, 0.29) is 0 Å². The van der Waals surface area contributed by atoms with Gasteiger partial charge in [0.15, 0.2) is 0 Å². The van der Waals surface area contributed by atoms with Crippen LogP contribution in [0.25, 0.3) is 16.9 Å². The SMILES string of the molecule is Cc1ccn2c(NC3CCCCC3)c(-c3cccc(OC(=O)c4ccc(Cl)cc4)c3)nc2c1. The van der Waals surface area contributed by atoms with Crippen LogP contribution in [0.1, 0.15) is 48.0 Å². The van der Waals surface area contributed by atoms with Gasteiger partial charge in [-0.3, -0.25) is 4.40 Å². The average molecular weight is 460 g/mol. The molecule has 6 heteroatoms. The molecule has 168 valence electrons. The Morgan fingerprint density at radius 2 is 1.85 bits per heavy atom. The topological polar surface area (TPSA) is 55.6 Å². The van der Waals surface area contributed by atoms with Gasteiger partial charge in [0.25, 0.3) is 0 Å². The van der Waals surface area contributed by atoms with Crippen molar-refractivity contribution in [3.8, 4) is 17.0 Å². The van der Waals surface area contributed by atoms with E-state index in [1.807, 2.05) is 18.2 Å². The standard InChI is InChI=1S/C27H26ClN3O2/c1-18-14-15-31-24(16-18)30-25(26(31)29-22-7-3-2-4-8-22)20-6-5-9-23(17-20)33-27(32)19-10-12-21(28)13-11-19/h5-6,9-17,22,29H,2-4,7-8H2,1H3. The summed E-state index contributed by atoms with van der Waals surface area (Å²) in [4.78, 5) is 17.5. The van der Waals surface area contributed by atoms with Crippen LogP contribution in [0.3, 0.4) is 0 Å². The molecule has 0 amide bonds. The van der Waals surface area contributed by atoms with Crippen molar-refractivity contribution in [1.82, 2.24) is 9.38 Å². The van der Waals surface area contributed by atoms with Crippen LogP contribution in [-0.2, 0) is 0 Å². The number of pyridine rings is 1. The minimum Gasteiger partial charge on any atom is -0.423 e. The highest BCUT2D eigenvalue weighted by atomic mass is 35.5. The number of esters is 1. The molecule has 1 aliphatic rings. The number of hydrogen-bond donors (Lipinski definition) is 1. The maximum Gasteiger partial charge on any atom is 0.343 e. The van der Waals surface area contributed by atoms with Gasteiger partial charge < -0.3 is 10.1 Å². The van der Waals surface area contributed by atoms with Crippen LogP contribution in [0.15, 0.2) is 66.9 Å². The summed E-state index contributed by atoms with van der Waals surface area (Å²) in [5.41, 5.74) is 4.26. The van der Waals surface area contributed by atoms with Crippen molar-refractivity contribution in [1.29, 1.82) is 0 Å². The van der Waals surface area contributed by atoms with Crippen LogP contribution in [-0.4, -0.2) is 21.4 Å². The summed E-state index contributed by atoms with van der Waals surface area (Å²) >= 11 is 5.93. The van der Waals surface area contributed by atoms with Crippen LogP contribution in [0, 0.1) is 6.92 Å². The number of nitrogens with one attached hydrogen (secondary N) is 1. The number of rotatable bonds is 5. The average Bonchev–Trinajstić information content (AvgIpc) is 3.17. The first-order valence-electron chi connectivity index (χ1n) is 11.4. The van der Waals surface area contributed by atoms with E-state index >= 15 is 0 Å². The molecule has 0 radical (unpaired) electrons. The van der Waals surface area contributed by atoms with Crippen LogP contribution < -0.4 is 10.1 Å². The van der Waals surface area contributed by atoms with Crippen LogP contribution in [0.5, 0.6) is 5.75 Å². The van der Waals surface area contributed by atoms with Gasteiger partial charge in [-0.05, 0) is 73.9 Å². The van der Waals surface area contributed by atoms with E-state index in [4.69, 9.17) is 21.3 Å². The van der Waals surface area contributed by atoms with E-state index in [9.17, 15) is 4.79 Å². The lowest BCUT2D eigenvalue weighted by molar-refractivity contribution is 0.0735. The predicted octanol–water partition coefficient (Wildman–Crippen LogP) is 6.93. The molecule has 1 fully saturated rings. The number of carbonyl (C=O) groups is 1. The molecule has 0 aliphatic heterocycles. The molecule has 0 atom stereocenters. The number of ether oxygens (including phenoxy) is 1. The molecular weight excluding hydrogens is 434 g/mol. The number of hydrogen-bond acceptors (Lipinski definition) is 4. The number of aromatic nitrogens is 2. The number of carbonyl (C=O) groups excluding carboxylic acids is 1. The van der Waals surface area contributed by atoms with E-state index in [2.05, 4.69) is 35.0 Å². The molecular formula is C27H26ClN3O2. The quantitative estimate of drug-likeness (QED) is 0.260. The third kappa shape index (κ3) is 4.74. The summed E-state index contributed by atoms with van der Waals surface area (Å²) in [6.45, 7) is 2.07. The smallest absolute Gasteiger partial charge is 0.343 e. The Labute approximate surface area is 198 Å². The Morgan fingerprint density at radius 3 is 2.64 bits per heavy atom. The maximum absolute atomic E-state index is 12.6. The summed E-state index contributed by atoms with van der Waals surface area (Å²) in [7, 11) is 0. The maximum atomic E-state index is 12.6. The van der Waals surface area contributed by atoms with Crippen LogP contribution >= 0.6 is 11.6 Å². The monoisotopic (exact) mass is 459 g/mol. The van der Waals surface area contributed by atoms with Crippen molar-refractivity contribution in [2.75, 3.05) is 5.32 Å². The van der Waals surface area contributed by atoms with Gasteiger partial charge in [0.05, 0.1) is 5.56 Å². The summed E-state index contributed by atoms with van der Waals surface area (Å²) in [5.74, 6) is 1.04. The summed E-state index contributed by atoms with van der Waals surface area (Å²) in [6, 6.07) is 18.8. The Kier molecular flexibility index (Phi) is 6.05. The van der Waals surface area contributed by atoms with Gasteiger partial charge in [0.2, 0.25) is 0 Å². The van der Waals surface area contributed by atoms with E-state index < -0.39 is 5.97 Å². The number of anilines is 1. The highest BCUT2D eigenvalue weighted by Gasteiger charge is 2.20. The molecule has 1 aliphatic carbocycles. The number of aryl methyl sites for hydroxylation is 1. The summed E-state index contributed by atoms with van der Waals surface area (Å²) in [5, 5.41) is 4.34. The lowest BCUT2D eigenvalue weighted by Gasteiger charge is -2.24. The molecule has 2 aromatic carbocycles.